The zero-order valence-electron chi connectivity index (χ0n) is 12.4. The number of aryl methyl sites for hydroxylation is 2. The molecule has 2 aromatic rings. The maximum Gasteiger partial charge on any atom is 0.173 e. The molecular formula is C17H20N2S2. The molecule has 0 radical (unpaired) electrons. The fraction of sp³-hybridized carbons (Fsp3) is 0.353. The maximum absolute atomic E-state index is 5.64. The van der Waals surface area contributed by atoms with Crippen molar-refractivity contribution >= 4 is 34.4 Å². The first kappa shape index (κ1) is 14.5. The van der Waals surface area contributed by atoms with Crippen molar-refractivity contribution < 1.29 is 0 Å². The van der Waals surface area contributed by atoms with E-state index in [1.165, 1.54) is 28.8 Å². The SMILES string of the molecule is Cc1ccc(NC(=S)N2CCC[C@H]2c2cccs2)cc1C. The Morgan fingerprint density at radius 1 is 1.29 bits per heavy atom. The Morgan fingerprint density at radius 3 is 2.86 bits per heavy atom. The lowest BCUT2D eigenvalue weighted by Gasteiger charge is -2.27. The van der Waals surface area contributed by atoms with E-state index >= 15 is 0 Å². The van der Waals surface area contributed by atoms with E-state index in [2.05, 4.69) is 59.8 Å². The van der Waals surface area contributed by atoms with Gasteiger partial charge < -0.3 is 10.2 Å². The summed E-state index contributed by atoms with van der Waals surface area (Å²) in [5, 5.41) is 6.39. The number of thiophene rings is 1. The van der Waals surface area contributed by atoms with Crippen molar-refractivity contribution in [1.29, 1.82) is 0 Å². The molecule has 0 saturated carbocycles. The van der Waals surface area contributed by atoms with E-state index in [0.717, 1.165) is 17.3 Å². The van der Waals surface area contributed by atoms with Crippen molar-refractivity contribution in [2.45, 2.75) is 32.7 Å². The van der Waals surface area contributed by atoms with Crippen LogP contribution in [0.15, 0.2) is 35.7 Å². The van der Waals surface area contributed by atoms with Crippen LogP contribution in [0.4, 0.5) is 5.69 Å². The van der Waals surface area contributed by atoms with Gasteiger partial charge in [-0.05, 0) is 73.6 Å². The fourth-order valence-electron chi connectivity index (χ4n) is 2.80. The summed E-state index contributed by atoms with van der Waals surface area (Å²) in [5.74, 6) is 0. The van der Waals surface area contributed by atoms with E-state index < -0.39 is 0 Å². The molecule has 1 N–H and O–H groups in total. The number of likely N-dealkylation sites (tertiary alicyclic amines) is 1. The van der Waals surface area contributed by atoms with Gasteiger partial charge in [0.15, 0.2) is 5.11 Å². The summed E-state index contributed by atoms with van der Waals surface area (Å²) in [6.45, 7) is 5.30. The number of anilines is 1. The van der Waals surface area contributed by atoms with Gasteiger partial charge in [0.25, 0.3) is 0 Å². The minimum absolute atomic E-state index is 0.441. The molecular weight excluding hydrogens is 296 g/mol. The van der Waals surface area contributed by atoms with Crippen molar-refractivity contribution in [1.82, 2.24) is 4.90 Å². The molecule has 110 valence electrons. The van der Waals surface area contributed by atoms with Crippen LogP contribution in [0.1, 0.15) is 34.9 Å². The summed E-state index contributed by atoms with van der Waals surface area (Å²) >= 11 is 7.47. The molecule has 1 aliphatic rings. The Balaban J connectivity index is 1.73. The quantitative estimate of drug-likeness (QED) is 0.793. The third-order valence-corrected chi connectivity index (χ3v) is 5.45. The second-order valence-corrected chi connectivity index (χ2v) is 6.96. The van der Waals surface area contributed by atoms with Crippen LogP contribution < -0.4 is 5.32 Å². The Hall–Kier alpha value is -1.39. The number of hydrogen-bond acceptors (Lipinski definition) is 2. The summed E-state index contributed by atoms with van der Waals surface area (Å²) in [6.07, 6.45) is 2.40. The Bertz CT molecular complexity index is 634. The Labute approximate surface area is 135 Å². The molecule has 0 aliphatic carbocycles. The van der Waals surface area contributed by atoms with Gasteiger partial charge in [-0.2, -0.15) is 0 Å². The molecule has 1 saturated heterocycles. The molecule has 0 amide bonds. The van der Waals surface area contributed by atoms with Crippen LogP contribution in [-0.4, -0.2) is 16.6 Å². The highest BCUT2D eigenvalue weighted by Crippen LogP contribution is 2.34. The molecule has 3 rings (SSSR count). The highest BCUT2D eigenvalue weighted by atomic mass is 32.1. The highest BCUT2D eigenvalue weighted by Gasteiger charge is 2.28. The van der Waals surface area contributed by atoms with E-state index in [0.29, 0.717) is 6.04 Å². The van der Waals surface area contributed by atoms with Crippen LogP contribution in [0.5, 0.6) is 0 Å². The van der Waals surface area contributed by atoms with Gasteiger partial charge in [0.05, 0.1) is 6.04 Å². The van der Waals surface area contributed by atoms with Crippen LogP contribution in [0.3, 0.4) is 0 Å². The fourth-order valence-corrected chi connectivity index (χ4v) is 4.01. The number of nitrogens with zero attached hydrogens (tertiary/aromatic N) is 1. The number of benzene rings is 1. The number of thiocarbonyl (C=S) groups is 1. The minimum atomic E-state index is 0.441. The number of nitrogens with one attached hydrogen (secondary N) is 1. The maximum atomic E-state index is 5.64. The van der Waals surface area contributed by atoms with Gasteiger partial charge in [0.2, 0.25) is 0 Å². The largest absolute Gasteiger partial charge is 0.341 e. The molecule has 0 unspecified atom stereocenters. The topological polar surface area (TPSA) is 15.3 Å². The van der Waals surface area contributed by atoms with Crippen molar-refractivity contribution in [2.75, 3.05) is 11.9 Å². The second kappa shape index (κ2) is 6.16. The van der Waals surface area contributed by atoms with Crippen LogP contribution in [0, 0.1) is 13.8 Å². The number of rotatable bonds is 2. The van der Waals surface area contributed by atoms with E-state index in [1.54, 1.807) is 0 Å². The minimum Gasteiger partial charge on any atom is -0.341 e. The van der Waals surface area contributed by atoms with Crippen molar-refractivity contribution in [2.24, 2.45) is 0 Å². The number of hydrogen-bond donors (Lipinski definition) is 1. The average molecular weight is 316 g/mol. The van der Waals surface area contributed by atoms with E-state index in [-0.39, 0.29) is 0 Å². The van der Waals surface area contributed by atoms with Crippen molar-refractivity contribution in [3.8, 4) is 0 Å². The normalized spacial score (nSPS) is 18.0. The Kier molecular flexibility index (Phi) is 4.27. The van der Waals surface area contributed by atoms with Crippen LogP contribution in [-0.2, 0) is 0 Å². The van der Waals surface area contributed by atoms with Crippen LogP contribution >= 0.6 is 23.6 Å². The molecule has 1 aromatic heterocycles. The molecule has 0 bridgehead atoms. The van der Waals surface area contributed by atoms with E-state index in [4.69, 9.17) is 12.2 Å². The molecule has 21 heavy (non-hydrogen) atoms. The third-order valence-electron chi connectivity index (χ3n) is 4.14. The molecule has 1 fully saturated rings. The summed E-state index contributed by atoms with van der Waals surface area (Å²) in [5.41, 5.74) is 3.68. The van der Waals surface area contributed by atoms with Gasteiger partial charge in [0, 0.05) is 17.1 Å². The monoisotopic (exact) mass is 316 g/mol. The second-order valence-electron chi connectivity index (χ2n) is 5.60. The first-order valence-electron chi connectivity index (χ1n) is 7.33. The summed E-state index contributed by atoms with van der Waals surface area (Å²) in [4.78, 5) is 3.74. The van der Waals surface area contributed by atoms with Gasteiger partial charge in [-0.1, -0.05) is 12.1 Å². The zero-order valence-corrected chi connectivity index (χ0v) is 14.1. The van der Waals surface area contributed by atoms with Gasteiger partial charge in [-0.15, -0.1) is 11.3 Å². The molecule has 1 atom stereocenters. The van der Waals surface area contributed by atoms with Gasteiger partial charge in [-0.25, -0.2) is 0 Å². The van der Waals surface area contributed by atoms with Crippen molar-refractivity contribution in [3.63, 3.8) is 0 Å². The third kappa shape index (κ3) is 3.11. The highest BCUT2D eigenvalue weighted by molar-refractivity contribution is 7.80. The average Bonchev–Trinajstić information content (AvgIpc) is 3.12. The predicted octanol–water partition coefficient (Wildman–Crippen LogP) is 4.90. The predicted molar refractivity (Wildman–Crippen MR) is 95.1 cm³/mol. The van der Waals surface area contributed by atoms with E-state index in [9.17, 15) is 0 Å². The van der Waals surface area contributed by atoms with Gasteiger partial charge in [-0.3, -0.25) is 0 Å². The lowest BCUT2D eigenvalue weighted by molar-refractivity contribution is 0.412. The Morgan fingerprint density at radius 2 is 2.14 bits per heavy atom. The zero-order chi connectivity index (χ0) is 14.8. The summed E-state index contributed by atoms with van der Waals surface area (Å²) in [6, 6.07) is 11.2. The summed E-state index contributed by atoms with van der Waals surface area (Å²) in [7, 11) is 0. The lowest BCUT2D eigenvalue weighted by Crippen LogP contribution is -2.33. The first-order chi connectivity index (χ1) is 10.1. The molecule has 0 spiro atoms. The molecule has 1 aromatic carbocycles. The van der Waals surface area contributed by atoms with Crippen molar-refractivity contribution in [3.05, 3.63) is 51.7 Å². The summed E-state index contributed by atoms with van der Waals surface area (Å²) < 4.78 is 0. The first-order valence-corrected chi connectivity index (χ1v) is 8.62. The van der Waals surface area contributed by atoms with Gasteiger partial charge in [0.1, 0.15) is 0 Å². The molecule has 1 aliphatic heterocycles. The molecule has 4 heteroatoms. The lowest BCUT2D eigenvalue weighted by atomic mass is 10.1. The molecule has 2 nitrogen and oxygen atoms in total. The van der Waals surface area contributed by atoms with Crippen LogP contribution in [0.25, 0.3) is 0 Å². The van der Waals surface area contributed by atoms with Crippen LogP contribution in [0.2, 0.25) is 0 Å². The smallest absolute Gasteiger partial charge is 0.173 e. The van der Waals surface area contributed by atoms with Gasteiger partial charge >= 0.3 is 0 Å². The van der Waals surface area contributed by atoms with E-state index in [1.807, 2.05) is 11.3 Å². The molecule has 2 heterocycles. The standard InChI is InChI=1S/C17H20N2S2/c1-12-7-8-14(11-13(12)2)18-17(20)19-9-3-5-15(19)16-6-4-10-21-16/h4,6-8,10-11,15H,3,5,9H2,1-2H3,(H,18,20)/t15-/m0/s1.